The molecule has 2 aliphatic carbocycles. The van der Waals surface area contributed by atoms with E-state index in [0.717, 1.165) is 31.3 Å². The van der Waals surface area contributed by atoms with E-state index in [-0.39, 0.29) is 17.9 Å². The van der Waals surface area contributed by atoms with Crippen molar-refractivity contribution in [1.82, 2.24) is 5.32 Å². The van der Waals surface area contributed by atoms with Crippen molar-refractivity contribution in [3.8, 4) is 0 Å². The van der Waals surface area contributed by atoms with E-state index in [1.165, 1.54) is 5.57 Å². The molecular weight excluding hydrogens is 336 g/mol. The monoisotopic (exact) mass is 356 g/mol. The Kier molecular flexibility index (Phi) is 4.16. The number of rotatable bonds is 3. The van der Waals surface area contributed by atoms with Gasteiger partial charge in [0, 0.05) is 17.5 Å². The first-order valence-electron chi connectivity index (χ1n) is 8.84. The Morgan fingerprint density at radius 3 is 2.68 bits per heavy atom. The van der Waals surface area contributed by atoms with Crippen molar-refractivity contribution in [1.29, 1.82) is 0 Å². The van der Waals surface area contributed by atoms with E-state index < -0.39 is 6.04 Å². The normalized spacial score (nSPS) is 23.4. The highest BCUT2D eigenvalue weighted by Crippen LogP contribution is 2.37. The Balaban J connectivity index is 1.70. The van der Waals surface area contributed by atoms with Gasteiger partial charge < -0.3 is 10.2 Å². The van der Waals surface area contributed by atoms with Crippen LogP contribution in [0.15, 0.2) is 41.5 Å². The van der Waals surface area contributed by atoms with Gasteiger partial charge in [0.25, 0.3) is 5.91 Å². The summed E-state index contributed by atoms with van der Waals surface area (Å²) < 4.78 is 0. The maximum atomic E-state index is 13.2. The van der Waals surface area contributed by atoms with Crippen LogP contribution in [0.2, 0.25) is 5.02 Å². The van der Waals surface area contributed by atoms with E-state index in [1.54, 1.807) is 18.2 Å². The fourth-order valence-corrected chi connectivity index (χ4v) is 3.82. The first kappa shape index (κ1) is 16.4. The van der Waals surface area contributed by atoms with Crippen LogP contribution in [0.25, 0.3) is 0 Å². The number of carbonyl (C=O) groups is 2. The number of nitrogens with one attached hydrogen (secondary N) is 1. The topological polar surface area (TPSA) is 49.4 Å². The van der Waals surface area contributed by atoms with Crippen LogP contribution < -0.4 is 10.2 Å². The van der Waals surface area contributed by atoms with Gasteiger partial charge in [-0.15, -0.1) is 0 Å². The molecule has 0 aromatic heterocycles. The second-order valence-corrected chi connectivity index (χ2v) is 7.46. The molecule has 1 fully saturated rings. The average Bonchev–Trinajstić information content (AvgIpc) is 3.42. The van der Waals surface area contributed by atoms with Gasteiger partial charge in [0.1, 0.15) is 6.04 Å². The maximum Gasteiger partial charge on any atom is 0.254 e. The number of nitrogens with zero attached hydrogens (tertiary/aromatic N) is 1. The number of hydrogen-bond acceptors (Lipinski definition) is 2. The summed E-state index contributed by atoms with van der Waals surface area (Å²) in [5.74, 6) is -0.242. The Labute approximate surface area is 152 Å². The van der Waals surface area contributed by atoms with Crippen LogP contribution >= 0.6 is 11.6 Å². The van der Waals surface area contributed by atoms with Crippen molar-refractivity contribution >= 4 is 29.1 Å². The van der Waals surface area contributed by atoms with Gasteiger partial charge in [-0.2, -0.15) is 0 Å². The third-order valence-electron chi connectivity index (χ3n) is 5.15. The lowest BCUT2D eigenvalue weighted by molar-refractivity contribution is -0.120. The standard InChI is InChI=1S/C20H21ClN2O2/c1-12-4-2-3-5-13(12)10-17-20(25)23(15-7-8-15)18-9-6-14(21)11-16(18)19(24)22-17/h4-6,9,11,15,17H,2-3,7-8,10H2,1H3,(H,22,24). The van der Waals surface area contributed by atoms with Gasteiger partial charge in [-0.3, -0.25) is 9.59 Å². The minimum absolute atomic E-state index is 0.0174. The van der Waals surface area contributed by atoms with Crippen LogP contribution in [0.5, 0.6) is 0 Å². The van der Waals surface area contributed by atoms with Gasteiger partial charge in [-0.05, 0) is 56.4 Å². The van der Waals surface area contributed by atoms with E-state index in [4.69, 9.17) is 11.6 Å². The molecule has 1 unspecified atom stereocenters. The number of carbonyl (C=O) groups excluding carboxylic acids is 2. The van der Waals surface area contributed by atoms with Crippen molar-refractivity contribution in [3.63, 3.8) is 0 Å². The zero-order chi connectivity index (χ0) is 17.6. The molecule has 0 bridgehead atoms. The summed E-state index contributed by atoms with van der Waals surface area (Å²) in [4.78, 5) is 27.8. The third-order valence-corrected chi connectivity index (χ3v) is 5.39. The highest BCUT2D eigenvalue weighted by atomic mass is 35.5. The van der Waals surface area contributed by atoms with Crippen LogP contribution in [0.1, 0.15) is 49.4 Å². The van der Waals surface area contributed by atoms with E-state index in [0.29, 0.717) is 22.7 Å². The second-order valence-electron chi connectivity index (χ2n) is 7.02. The number of fused-ring (bicyclic) bond motifs is 1. The molecule has 0 spiro atoms. The Bertz CT molecular complexity index is 808. The number of amides is 2. The molecule has 1 heterocycles. The summed E-state index contributed by atoms with van der Waals surface area (Å²) in [6.45, 7) is 2.07. The summed E-state index contributed by atoms with van der Waals surface area (Å²) in [6.07, 6.45) is 8.92. The van der Waals surface area contributed by atoms with Gasteiger partial charge in [0.2, 0.25) is 5.91 Å². The van der Waals surface area contributed by atoms with Crippen molar-refractivity contribution in [2.24, 2.45) is 0 Å². The molecule has 25 heavy (non-hydrogen) atoms. The molecule has 1 aliphatic heterocycles. The smallest absolute Gasteiger partial charge is 0.254 e. The van der Waals surface area contributed by atoms with Crippen LogP contribution in [-0.2, 0) is 4.79 Å². The van der Waals surface area contributed by atoms with Crippen LogP contribution in [0.3, 0.4) is 0 Å². The highest BCUT2D eigenvalue weighted by Gasteiger charge is 2.41. The molecule has 1 atom stereocenters. The molecule has 0 saturated heterocycles. The fraction of sp³-hybridized carbons (Fsp3) is 0.400. The lowest BCUT2D eigenvalue weighted by Crippen LogP contribution is -2.47. The fourth-order valence-electron chi connectivity index (χ4n) is 3.65. The highest BCUT2D eigenvalue weighted by molar-refractivity contribution is 6.31. The second kappa shape index (κ2) is 6.34. The zero-order valence-corrected chi connectivity index (χ0v) is 15.0. The van der Waals surface area contributed by atoms with Gasteiger partial charge in [0.15, 0.2) is 0 Å². The summed E-state index contributed by atoms with van der Waals surface area (Å²) >= 11 is 6.09. The molecule has 4 rings (SSSR count). The summed E-state index contributed by atoms with van der Waals surface area (Å²) in [5.41, 5.74) is 3.53. The molecule has 3 aliphatic rings. The van der Waals surface area contributed by atoms with E-state index in [2.05, 4.69) is 24.4 Å². The summed E-state index contributed by atoms with van der Waals surface area (Å²) in [5, 5.41) is 3.44. The van der Waals surface area contributed by atoms with Crippen molar-refractivity contribution in [3.05, 3.63) is 52.1 Å². The van der Waals surface area contributed by atoms with Gasteiger partial charge in [0.05, 0.1) is 11.3 Å². The SMILES string of the molecule is CC1=CCCC=C1CC1NC(=O)c2cc(Cl)ccc2N(C2CC2)C1=O. The van der Waals surface area contributed by atoms with E-state index in [1.807, 2.05) is 4.90 Å². The molecule has 1 N–H and O–H groups in total. The number of anilines is 1. The van der Waals surface area contributed by atoms with Crippen LogP contribution in [0.4, 0.5) is 5.69 Å². The molecule has 5 heteroatoms. The molecule has 1 saturated carbocycles. The first-order chi connectivity index (χ1) is 12.0. The first-order valence-corrected chi connectivity index (χ1v) is 9.22. The largest absolute Gasteiger partial charge is 0.340 e. The molecule has 130 valence electrons. The zero-order valence-electron chi connectivity index (χ0n) is 14.2. The maximum absolute atomic E-state index is 13.2. The predicted molar refractivity (Wildman–Crippen MR) is 98.9 cm³/mol. The van der Waals surface area contributed by atoms with Crippen molar-refractivity contribution < 1.29 is 9.59 Å². The Morgan fingerprint density at radius 1 is 1.20 bits per heavy atom. The lowest BCUT2D eigenvalue weighted by atomic mass is 9.93. The molecule has 4 nitrogen and oxygen atoms in total. The van der Waals surface area contributed by atoms with Crippen LogP contribution in [-0.4, -0.2) is 23.9 Å². The average molecular weight is 357 g/mol. The molecule has 0 radical (unpaired) electrons. The number of allylic oxidation sites excluding steroid dienone is 3. The molecule has 1 aromatic carbocycles. The van der Waals surface area contributed by atoms with Crippen LogP contribution in [0, 0.1) is 0 Å². The Morgan fingerprint density at radius 2 is 1.96 bits per heavy atom. The van der Waals surface area contributed by atoms with Gasteiger partial charge >= 0.3 is 0 Å². The Hall–Kier alpha value is -2.07. The number of halogens is 1. The van der Waals surface area contributed by atoms with Crippen molar-refractivity contribution in [2.75, 3.05) is 4.90 Å². The quantitative estimate of drug-likeness (QED) is 0.889. The third kappa shape index (κ3) is 3.11. The van der Waals surface area contributed by atoms with Gasteiger partial charge in [-0.25, -0.2) is 0 Å². The predicted octanol–water partition coefficient (Wildman–Crippen LogP) is 4.00. The molecular formula is C20H21ClN2O2. The van der Waals surface area contributed by atoms with Crippen molar-refractivity contribution in [2.45, 2.75) is 51.1 Å². The van der Waals surface area contributed by atoms with E-state index in [9.17, 15) is 9.59 Å². The summed E-state index contributed by atoms with van der Waals surface area (Å²) in [6, 6.07) is 4.85. The number of benzene rings is 1. The minimum atomic E-state index is -0.535. The molecule has 1 aromatic rings. The van der Waals surface area contributed by atoms with Gasteiger partial charge in [-0.1, -0.05) is 29.3 Å². The number of hydrogen-bond donors (Lipinski definition) is 1. The molecule has 2 amide bonds. The lowest BCUT2D eigenvalue weighted by Gasteiger charge is -2.26. The summed E-state index contributed by atoms with van der Waals surface area (Å²) in [7, 11) is 0. The van der Waals surface area contributed by atoms with E-state index >= 15 is 0 Å². The minimum Gasteiger partial charge on any atom is -0.340 e.